The van der Waals surface area contributed by atoms with Gasteiger partial charge in [0.2, 0.25) is 0 Å². The first kappa shape index (κ1) is 15.3. The maximum Gasteiger partial charge on any atom is 0.0629 e. The number of aryl methyl sites for hydroxylation is 1. The molecule has 1 fully saturated rings. The zero-order valence-corrected chi connectivity index (χ0v) is 14.7. The molecule has 1 saturated heterocycles. The summed E-state index contributed by atoms with van der Waals surface area (Å²) in [7, 11) is 2.19. The molecule has 0 saturated carbocycles. The average molecular weight is 391 g/mol. The number of likely N-dealkylation sites (N-methyl/N-ethyl adjacent to an activating group) is 1. The molecule has 3 nitrogen and oxygen atoms in total. The highest BCUT2D eigenvalue weighted by molar-refractivity contribution is 9.11. The fraction of sp³-hybridized carbons (Fsp3) is 0.571. The molecule has 106 valence electrons. The van der Waals surface area contributed by atoms with Crippen LogP contribution in [0.4, 0.5) is 5.69 Å². The molecule has 0 atom stereocenters. The molecule has 1 aliphatic rings. The molecule has 19 heavy (non-hydrogen) atoms. The van der Waals surface area contributed by atoms with Gasteiger partial charge >= 0.3 is 0 Å². The summed E-state index contributed by atoms with van der Waals surface area (Å²) in [5, 5.41) is 3.52. The van der Waals surface area contributed by atoms with E-state index in [2.05, 4.69) is 73.1 Å². The van der Waals surface area contributed by atoms with Gasteiger partial charge in [-0.05, 0) is 63.5 Å². The van der Waals surface area contributed by atoms with Gasteiger partial charge < -0.3 is 10.2 Å². The van der Waals surface area contributed by atoms with Crippen molar-refractivity contribution in [3.05, 3.63) is 26.6 Å². The Morgan fingerprint density at radius 2 is 1.68 bits per heavy atom. The molecule has 0 aromatic heterocycles. The molecule has 2 rings (SSSR count). The molecule has 1 aromatic carbocycles. The number of rotatable bonds is 4. The minimum atomic E-state index is 0.976. The summed E-state index contributed by atoms with van der Waals surface area (Å²) in [6, 6.07) is 4.28. The number of piperazine rings is 1. The van der Waals surface area contributed by atoms with Gasteiger partial charge in [-0.2, -0.15) is 0 Å². The fourth-order valence-electron chi connectivity index (χ4n) is 2.28. The second-order valence-electron chi connectivity index (χ2n) is 5.18. The Kier molecular flexibility index (Phi) is 5.69. The molecule has 1 aromatic rings. The number of anilines is 1. The summed E-state index contributed by atoms with van der Waals surface area (Å²) in [6.45, 7) is 8.88. The van der Waals surface area contributed by atoms with Crippen LogP contribution in [0, 0.1) is 6.92 Å². The van der Waals surface area contributed by atoms with Gasteiger partial charge in [0.05, 0.1) is 5.69 Å². The first-order valence-electron chi connectivity index (χ1n) is 6.66. The third kappa shape index (κ3) is 4.45. The predicted molar refractivity (Wildman–Crippen MR) is 89.0 cm³/mol. The van der Waals surface area contributed by atoms with E-state index in [1.165, 1.54) is 31.7 Å². The van der Waals surface area contributed by atoms with E-state index >= 15 is 0 Å². The Labute approximate surface area is 132 Å². The van der Waals surface area contributed by atoms with Crippen LogP contribution >= 0.6 is 31.9 Å². The Morgan fingerprint density at radius 1 is 1.11 bits per heavy atom. The second-order valence-corrected chi connectivity index (χ2v) is 6.88. The first-order chi connectivity index (χ1) is 9.06. The van der Waals surface area contributed by atoms with Gasteiger partial charge in [-0.25, -0.2) is 0 Å². The lowest BCUT2D eigenvalue weighted by atomic mass is 10.2. The number of nitrogens with zero attached hydrogens (tertiary/aromatic N) is 2. The number of hydrogen-bond acceptors (Lipinski definition) is 3. The van der Waals surface area contributed by atoms with Crippen molar-refractivity contribution in [3.63, 3.8) is 0 Å². The van der Waals surface area contributed by atoms with Crippen LogP contribution in [0.1, 0.15) is 5.56 Å². The lowest BCUT2D eigenvalue weighted by molar-refractivity contribution is 0.158. The number of halogens is 2. The highest BCUT2D eigenvalue weighted by atomic mass is 79.9. The van der Waals surface area contributed by atoms with Crippen molar-refractivity contribution < 1.29 is 0 Å². The third-order valence-corrected chi connectivity index (χ3v) is 4.76. The van der Waals surface area contributed by atoms with E-state index in [9.17, 15) is 0 Å². The lowest BCUT2D eigenvalue weighted by Gasteiger charge is -2.32. The van der Waals surface area contributed by atoms with Gasteiger partial charge in [-0.15, -0.1) is 0 Å². The van der Waals surface area contributed by atoms with Crippen LogP contribution in [0.3, 0.4) is 0 Å². The molecule has 0 spiro atoms. The summed E-state index contributed by atoms with van der Waals surface area (Å²) in [5.74, 6) is 0. The highest BCUT2D eigenvalue weighted by Crippen LogP contribution is 2.32. The second kappa shape index (κ2) is 7.07. The summed E-state index contributed by atoms with van der Waals surface area (Å²) < 4.78 is 2.25. The predicted octanol–water partition coefficient (Wildman–Crippen LogP) is 3.18. The Bertz CT molecular complexity index is 406. The van der Waals surface area contributed by atoms with Crippen LogP contribution < -0.4 is 5.32 Å². The van der Waals surface area contributed by atoms with Crippen LogP contribution in [-0.2, 0) is 0 Å². The lowest BCUT2D eigenvalue weighted by Crippen LogP contribution is -2.45. The van der Waals surface area contributed by atoms with Crippen LogP contribution in [-0.4, -0.2) is 56.1 Å². The molecule has 0 aliphatic carbocycles. The summed E-state index contributed by atoms with van der Waals surface area (Å²) in [4.78, 5) is 4.90. The van der Waals surface area contributed by atoms with Crippen LogP contribution in [0.15, 0.2) is 21.1 Å². The van der Waals surface area contributed by atoms with Gasteiger partial charge in [-0.3, -0.25) is 4.90 Å². The van der Waals surface area contributed by atoms with Crippen molar-refractivity contribution in [2.24, 2.45) is 0 Å². The molecule has 1 N–H and O–H groups in total. The maximum atomic E-state index is 3.62. The molecule has 0 amide bonds. The number of hydrogen-bond donors (Lipinski definition) is 1. The van der Waals surface area contributed by atoms with Gasteiger partial charge in [0.25, 0.3) is 0 Å². The molecule has 0 bridgehead atoms. The molecule has 5 heteroatoms. The van der Waals surface area contributed by atoms with Crippen molar-refractivity contribution in [2.75, 3.05) is 51.6 Å². The summed E-state index contributed by atoms with van der Waals surface area (Å²) in [6.07, 6.45) is 0. The average Bonchev–Trinajstić information content (AvgIpc) is 2.34. The van der Waals surface area contributed by atoms with Crippen molar-refractivity contribution >= 4 is 37.5 Å². The van der Waals surface area contributed by atoms with Crippen molar-refractivity contribution in [2.45, 2.75) is 6.92 Å². The minimum absolute atomic E-state index is 0.976. The van der Waals surface area contributed by atoms with Gasteiger partial charge in [0.1, 0.15) is 0 Å². The summed E-state index contributed by atoms with van der Waals surface area (Å²) >= 11 is 7.24. The smallest absolute Gasteiger partial charge is 0.0629 e. The van der Waals surface area contributed by atoms with Crippen LogP contribution in [0.25, 0.3) is 0 Å². The molecular formula is C14H21Br2N3. The van der Waals surface area contributed by atoms with E-state index in [4.69, 9.17) is 0 Å². The number of benzene rings is 1. The third-order valence-electron chi connectivity index (χ3n) is 3.51. The zero-order valence-electron chi connectivity index (χ0n) is 11.5. The standard InChI is InChI=1S/C14H21Br2N3/c1-11-9-12(15)14(13(16)10-11)17-3-4-19-7-5-18(2)6-8-19/h9-10,17H,3-8H2,1-2H3. The van der Waals surface area contributed by atoms with Crippen LogP contribution in [0.5, 0.6) is 0 Å². The van der Waals surface area contributed by atoms with Crippen molar-refractivity contribution in [3.8, 4) is 0 Å². The Balaban J connectivity index is 1.83. The van der Waals surface area contributed by atoms with E-state index in [0.29, 0.717) is 0 Å². The molecule has 1 aliphatic heterocycles. The van der Waals surface area contributed by atoms with E-state index in [1.807, 2.05) is 0 Å². The quantitative estimate of drug-likeness (QED) is 0.851. The van der Waals surface area contributed by atoms with E-state index in [1.54, 1.807) is 0 Å². The normalized spacial score (nSPS) is 17.7. The maximum absolute atomic E-state index is 3.62. The summed E-state index contributed by atoms with van der Waals surface area (Å²) in [5.41, 5.74) is 2.41. The fourth-order valence-corrected chi connectivity index (χ4v) is 3.97. The zero-order chi connectivity index (χ0) is 13.8. The van der Waals surface area contributed by atoms with E-state index < -0.39 is 0 Å². The van der Waals surface area contributed by atoms with E-state index in [-0.39, 0.29) is 0 Å². The first-order valence-corrected chi connectivity index (χ1v) is 8.25. The topological polar surface area (TPSA) is 18.5 Å². The highest BCUT2D eigenvalue weighted by Gasteiger charge is 2.13. The van der Waals surface area contributed by atoms with Gasteiger partial charge in [0, 0.05) is 48.2 Å². The SMILES string of the molecule is Cc1cc(Br)c(NCCN2CCN(C)CC2)c(Br)c1. The minimum Gasteiger partial charge on any atom is -0.382 e. The van der Waals surface area contributed by atoms with Crippen molar-refractivity contribution in [1.82, 2.24) is 9.80 Å². The molecule has 0 radical (unpaired) electrons. The van der Waals surface area contributed by atoms with Crippen LogP contribution in [0.2, 0.25) is 0 Å². The van der Waals surface area contributed by atoms with Crippen molar-refractivity contribution in [1.29, 1.82) is 0 Å². The monoisotopic (exact) mass is 389 g/mol. The molecule has 1 heterocycles. The van der Waals surface area contributed by atoms with E-state index in [0.717, 1.165) is 27.7 Å². The van der Waals surface area contributed by atoms with Gasteiger partial charge in [0.15, 0.2) is 0 Å². The molecular weight excluding hydrogens is 370 g/mol. The Morgan fingerprint density at radius 3 is 2.26 bits per heavy atom. The molecule has 0 unspecified atom stereocenters. The largest absolute Gasteiger partial charge is 0.382 e. The van der Waals surface area contributed by atoms with Gasteiger partial charge in [-0.1, -0.05) is 0 Å². The number of nitrogens with one attached hydrogen (secondary N) is 1. The Hall–Kier alpha value is -0.100.